The van der Waals surface area contributed by atoms with Crippen LogP contribution < -0.4 is 0 Å². The van der Waals surface area contributed by atoms with Gasteiger partial charge >= 0.3 is 6.09 Å². The Labute approximate surface area is 177 Å². The fraction of sp³-hybridized carbons (Fsp3) is 0.292. The fourth-order valence-electron chi connectivity index (χ4n) is 2.94. The summed E-state index contributed by atoms with van der Waals surface area (Å²) >= 11 is 0. The van der Waals surface area contributed by atoms with Gasteiger partial charge in [-0.1, -0.05) is 44.2 Å². The second-order valence-corrected chi connectivity index (χ2v) is 7.80. The molecule has 1 aromatic carbocycles. The van der Waals surface area contributed by atoms with Crippen molar-refractivity contribution in [3.8, 4) is 22.5 Å². The molecule has 0 N–H and O–H groups in total. The van der Waals surface area contributed by atoms with E-state index in [0.717, 1.165) is 22.5 Å². The van der Waals surface area contributed by atoms with E-state index in [1.807, 2.05) is 75.5 Å². The van der Waals surface area contributed by atoms with Crippen molar-refractivity contribution in [2.75, 3.05) is 0 Å². The Kier molecular flexibility index (Phi) is 6.06. The molecule has 0 aliphatic rings. The van der Waals surface area contributed by atoms with E-state index in [1.165, 1.54) is 10.2 Å². The highest BCUT2D eigenvalue weighted by Gasteiger charge is 2.18. The minimum Gasteiger partial charge on any atom is -0.442 e. The number of imidazole rings is 1. The summed E-state index contributed by atoms with van der Waals surface area (Å²) in [6.45, 7) is 11.5. The van der Waals surface area contributed by atoms with Crippen LogP contribution in [0.1, 0.15) is 40.2 Å². The third-order valence-corrected chi connectivity index (χ3v) is 4.24. The molecule has 0 saturated carbocycles. The number of carbonyl (C=O) groups is 1. The van der Waals surface area contributed by atoms with Gasteiger partial charge in [0, 0.05) is 29.7 Å². The zero-order valence-electron chi connectivity index (χ0n) is 18.4. The number of carbonyl (C=O) groups excluding carboxylic acids is 1. The Morgan fingerprint density at radius 1 is 0.900 bits per heavy atom. The predicted octanol–water partition coefficient (Wildman–Crippen LogP) is 5.98. The normalized spacial score (nSPS) is 11.1. The number of rotatable bonds is 2. The van der Waals surface area contributed by atoms with Gasteiger partial charge in [-0.05, 0) is 45.4 Å². The summed E-state index contributed by atoms with van der Waals surface area (Å²) in [6.07, 6.45) is 5.20. The van der Waals surface area contributed by atoms with E-state index in [-0.39, 0.29) is 0 Å². The molecule has 0 unspecified atom stereocenters. The highest BCUT2D eigenvalue weighted by molar-refractivity contribution is 5.72. The van der Waals surface area contributed by atoms with Crippen LogP contribution in [0.15, 0.2) is 61.1 Å². The molecule has 3 heterocycles. The van der Waals surface area contributed by atoms with Crippen LogP contribution in [0.25, 0.3) is 28.2 Å². The zero-order chi connectivity index (χ0) is 21.9. The van der Waals surface area contributed by atoms with Crippen LogP contribution in [-0.2, 0) is 4.74 Å². The minimum atomic E-state index is -0.558. The molecule has 0 bridgehead atoms. The lowest BCUT2D eigenvalue weighted by atomic mass is 10.1. The first-order valence-electron chi connectivity index (χ1n) is 10.1. The van der Waals surface area contributed by atoms with Crippen LogP contribution in [-0.4, -0.2) is 30.9 Å². The molecule has 0 atom stereocenters. The minimum absolute atomic E-state index is 0.490. The lowest BCUT2D eigenvalue weighted by Crippen LogP contribution is -2.27. The van der Waals surface area contributed by atoms with Crippen molar-refractivity contribution in [3.63, 3.8) is 0 Å². The molecule has 30 heavy (non-hydrogen) atoms. The number of nitrogens with zero attached hydrogens (tertiary/aromatic N) is 4. The van der Waals surface area contributed by atoms with Crippen molar-refractivity contribution in [1.82, 2.24) is 19.2 Å². The second kappa shape index (κ2) is 8.53. The first-order valence-corrected chi connectivity index (χ1v) is 10.1. The van der Waals surface area contributed by atoms with Crippen molar-refractivity contribution >= 4 is 11.7 Å². The highest BCUT2D eigenvalue weighted by Crippen LogP contribution is 2.24. The maximum absolute atomic E-state index is 12.1. The summed E-state index contributed by atoms with van der Waals surface area (Å²) < 4.78 is 8.59. The van der Waals surface area contributed by atoms with Crippen molar-refractivity contribution in [2.45, 2.75) is 47.1 Å². The molecule has 0 saturated heterocycles. The van der Waals surface area contributed by atoms with Gasteiger partial charge in [0.15, 0.2) is 0 Å². The number of hydrogen-bond donors (Lipinski definition) is 0. The summed E-state index contributed by atoms with van der Waals surface area (Å²) in [4.78, 5) is 16.8. The molecule has 0 amide bonds. The monoisotopic (exact) mass is 404 g/mol. The van der Waals surface area contributed by atoms with Crippen molar-refractivity contribution in [1.29, 1.82) is 0 Å². The molecular weight excluding hydrogens is 376 g/mol. The molecule has 0 spiro atoms. The van der Waals surface area contributed by atoms with E-state index >= 15 is 0 Å². The van der Waals surface area contributed by atoms with Gasteiger partial charge in [0.2, 0.25) is 0 Å². The quantitative estimate of drug-likeness (QED) is 0.412. The highest BCUT2D eigenvalue weighted by atomic mass is 16.6. The molecule has 156 valence electrons. The first kappa shape index (κ1) is 21.3. The number of benzene rings is 1. The number of ether oxygens (including phenoxy) is 1. The van der Waals surface area contributed by atoms with Crippen LogP contribution >= 0.6 is 0 Å². The Hall–Kier alpha value is -3.41. The van der Waals surface area contributed by atoms with Crippen LogP contribution in [0.4, 0.5) is 4.79 Å². The number of hydrogen-bond acceptors (Lipinski definition) is 4. The summed E-state index contributed by atoms with van der Waals surface area (Å²) in [7, 11) is 0. The van der Waals surface area contributed by atoms with E-state index in [0.29, 0.717) is 5.69 Å². The summed E-state index contributed by atoms with van der Waals surface area (Å²) in [5.41, 5.74) is 5.12. The molecule has 6 nitrogen and oxygen atoms in total. The van der Waals surface area contributed by atoms with E-state index < -0.39 is 11.7 Å². The average Bonchev–Trinajstić information content (AvgIpc) is 3.35. The average molecular weight is 405 g/mol. The number of fused-ring (bicyclic) bond motifs is 1. The van der Waals surface area contributed by atoms with E-state index in [9.17, 15) is 4.79 Å². The number of aromatic nitrogens is 4. The lowest BCUT2D eigenvalue weighted by molar-refractivity contribution is 0.0515. The first-order chi connectivity index (χ1) is 14.3. The molecule has 0 aliphatic carbocycles. The predicted molar refractivity (Wildman–Crippen MR) is 120 cm³/mol. The van der Waals surface area contributed by atoms with Gasteiger partial charge in [-0.15, -0.1) is 0 Å². The van der Waals surface area contributed by atoms with Gasteiger partial charge in [-0.3, -0.25) is 0 Å². The summed E-state index contributed by atoms with van der Waals surface area (Å²) in [5.74, 6) is 0. The Bertz CT molecular complexity index is 1150. The molecule has 4 aromatic rings. The largest absolute Gasteiger partial charge is 0.442 e. The zero-order valence-corrected chi connectivity index (χ0v) is 18.4. The van der Waals surface area contributed by atoms with Gasteiger partial charge in [0.1, 0.15) is 11.2 Å². The molecular formula is C24H28N4O2. The van der Waals surface area contributed by atoms with Gasteiger partial charge in [-0.25, -0.2) is 9.78 Å². The van der Waals surface area contributed by atoms with Gasteiger partial charge in [0.25, 0.3) is 0 Å². The molecule has 3 aromatic heterocycles. The number of aryl methyl sites for hydroxylation is 1. The van der Waals surface area contributed by atoms with Gasteiger partial charge in [-0.2, -0.15) is 9.78 Å². The third kappa shape index (κ3) is 4.76. The Balaban J connectivity index is 0.00000124. The topological polar surface area (TPSA) is 61.4 Å². The summed E-state index contributed by atoms with van der Waals surface area (Å²) in [5, 5.41) is 4.33. The smallest absolute Gasteiger partial charge is 0.435 e. The fourth-order valence-corrected chi connectivity index (χ4v) is 2.94. The SMILES string of the molecule is CC.Cc1ccc2nc(-c3ccc(-c4ccn(C(=O)OC(C)(C)C)n4)cc3)cn2c1. The Morgan fingerprint density at radius 2 is 1.53 bits per heavy atom. The second-order valence-electron chi connectivity index (χ2n) is 7.80. The lowest BCUT2D eigenvalue weighted by Gasteiger charge is -2.18. The van der Waals surface area contributed by atoms with E-state index in [4.69, 9.17) is 4.74 Å². The molecule has 0 fully saturated rings. The maximum Gasteiger partial charge on any atom is 0.435 e. The molecule has 6 heteroatoms. The third-order valence-electron chi connectivity index (χ3n) is 4.24. The van der Waals surface area contributed by atoms with Crippen LogP contribution in [0.2, 0.25) is 0 Å². The Morgan fingerprint density at radius 3 is 2.17 bits per heavy atom. The standard InChI is InChI=1S/C22H22N4O2.C2H6/c1-15-5-10-20-23-19(14-25(20)13-15)17-8-6-16(7-9-17)18-11-12-26(24-18)21(27)28-22(2,3)4;1-2/h5-14H,1-4H3;1-2H3. The number of pyridine rings is 1. The van der Waals surface area contributed by atoms with Gasteiger partial charge in [0.05, 0.1) is 11.4 Å². The maximum atomic E-state index is 12.1. The van der Waals surface area contributed by atoms with Crippen molar-refractivity contribution in [2.24, 2.45) is 0 Å². The molecule has 0 radical (unpaired) electrons. The molecule has 0 aliphatic heterocycles. The molecule has 4 rings (SSSR count). The van der Waals surface area contributed by atoms with Crippen molar-refractivity contribution < 1.29 is 9.53 Å². The van der Waals surface area contributed by atoms with E-state index in [2.05, 4.69) is 29.3 Å². The van der Waals surface area contributed by atoms with Gasteiger partial charge < -0.3 is 9.14 Å². The van der Waals surface area contributed by atoms with Crippen molar-refractivity contribution in [3.05, 3.63) is 66.6 Å². The van der Waals surface area contributed by atoms with Crippen LogP contribution in [0.5, 0.6) is 0 Å². The summed E-state index contributed by atoms with van der Waals surface area (Å²) in [6, 6.07) is 13.8. The van der Waals surface area contributed by atoms with E-state index in [1.54, 1.807) is 12.3 Å². The van der Waals surface area contributed by atoms with Crippen LogP contribution in [0, 0.1) is 6.92 Å². The van der Waals surface area contributed by atoms with Crippen LogP contribution in [0.3, 0.4) is 0 Å².